The van der Waals surface area contributed by atoms with E-state index in [1.54, 1.807) is 0 Å². The highest BCUT2D eigenvalue weighted by molar-refractivity contribution is 14.1. The molecule has 0 fully saturated rings. The lowest BCUT2D eigenvalue weighted by Gasteiger charge is -2.06. The fourth-order valence-corrected chi connectivity index (χ4v) is 2.55. The van der Waals surface area contributed by atoms with Gasteiger partial charge in [-0.25, -0.2) is 0 Å². The van der Waals surface area contributed by atoms with Gasteiger partial charge in [-0.1, -0.05) is 50.8 Å². The van der Waals surface area contributed by atoms with Crippen molar-refractivity contribution in [2.45, 2.75) is 52.4 Å². The molecule has 0 aromatic heterocycles. The van der Waals surface area contributed by atoms with Crippen molar-refractivity contribution in [1.29, 1.82) is 0 Å². The van der Waals surface area contributed by atoms with Crippen LogP contribution >= 0.6 is 22.6 Å². The first-order valence-electron chi connectivity index (χ1n) is 6.45. The Morgan fingerprint density at radius 3 is 2.59 bits per heavy atom. The van der Waals surface area contributed by atoms with Crippen LogP contribution in [0.2, 0.25) is 0 Å². The first-order chi connectivity index (χ1) is 8.16. The van der Waals surface area contributed by atoms with Gasteiger partial charge in [0.15, 0.2) is 5.78 Å². The van der Waals surface area contributed by atoms with Crippen molar-refractivity contribution in [3.05, 3.63) is 32.9 Å². The van der Waals surface area contributed by atoms with E-state index in [-0.39, 0.29) is 0 Å². The van der Waals surface area contributed by atoms with Gasteiger partial charge in [0.1, 0.15) is 0 Å². The molecule has 1 rings (SSSR count). The minimum Gasteiger partial charge on any atom is -0.294 e. The summed E-state index contributed by atoms with van der Waals surface area (Å²) in [5.41, 5.74) is 2.10. The van der Waals surface area contributed by atoms with Crippen molar-refractivity contribution in [1.82, 2.24) is 0 Å². The third-order valence-corrected chi connectivity index (χ3v) is 4.43. The van der Waals surface area contributed by atoms with Crippen molar-refractivity contribution in [2.24, 2.45) is 0 Å². The van der Waals surface area contributed by atoms with E-state index in [2.05, 4.69) is 42.5 Å². The quantitative estimate of drug-likeness (QED) is 0.380. The van der Waals surface area contributed by atoms with E-state index in [9.17, 15) is 4.79 Å². The number of ketones is 1. The molecule has 0 unspecified atom stereocenters. The molecule has 0 saturated carbocycles. The SMILES string of the molecule is CCCCCCCC(=O)c1cccc(C)c1I. The summed E-state index contributed by atoms with van der Waals surface area (Å²) < 4.78 is 1.11. The summed E-state index contributed by atoms with van der Waals surface area (Å²) in [7, 11) is 0. The molecule has 0 aliphatic heterocycles. The average molecular weight is 344 g/mol. The monoisotopic (exact) mass is 344 g/mol. The van der Waals surface area contributed by atoms with Gasteiger partial charge in [-0.05, 0) is 41.5 Å². The van der Waals surface area contributed by atoms with Crippen LogP contribution in [-0.2, 0) is 0 Å². The molecule has 0 aliphatic carbocycles. The van der Waals surface area contributed by atoms with Crippen molar-refractivity contribution in [3.63, 3.8) is 0 Å². The van der Waals surface area contributed by atoms with Crippen molar-refractivity contribution >= 4 is 28.4 Å². The average Bonchev–Trinajstić information content (AvgIpc) is 2.32. The Morgan fingerprint density at radius 1 is 1.18 bits per heavy atom. The van der Waals surface area contributed by atoms with E-state index in [4.69, 9.17) is 0 Å². The molecular weight excluding hydrogens is 323 g/mol. The van der Waals surface area contributed by atoms with Gasteiger partial charge in [-0.15, -0.1) is 0 Å². The number of unbranched alkanes of at least 4 members (excludes halogenated alkanes) is 4. The number of hydrogen-bond acceptors (Lipinski definition) is 1. The van der Waals surface area contributed by atoms with Crippen LogP contribution in [0.3, 0.4) is 0 Å². The molecule has 0 saturated heterocycles. The number of rotatable bonds is 7. The Bertz CT molecular complexity index is 371. The third kappa shape index (κ3) is 4.78. The normalized spacial score (nSPS) is 10.5. The highest BCUT2D eigenvalue weighted by Crippen LogP contribution is 2.19. The molecule has 0 N–H and O–H groups in total. The topological polar surface area (TPSA) is 17.1 Å². The molecule has 0 aliphatic rings. The number of carbonyl (C=O) groups is 1. The molecule has 0 heterocycles. The number of aryl methyl sites for hydroxylation is 1. The van der Waals surface area contributed by atoms with Gasteiger partial charge in [0.05, 0.1) is 0 Å². The lowest BCUT2D eigenvalue weighted by molar-refractivity contribution is 0.0978. The Hall–Kier alpha value is -0.380. The maximum absolute atomic E-state index is 12.0. The van der Waals surface area contributed by atoms with E-state index in [1.165, 1.54) is 31.2 Å². The molecule has 1 nitrogen and oxygen atoms in total. The molecule has 0 radical (unpaired) electrons. The minimum absolute atomic E-state index is 0.301. The van der Waals surface area contributed by atoms with Crippen LogP contribution in [0.25, 0.3) is 0 Å². The van der Waals surface area contributed by atoms with Crippen LogP contribution in [0.1, 0.15) is 61.4 Å². The summed E-state index contributed by atoms with van der Waals surface area (Å²) >= 11 is 2.27. The number of Topliss-reactive ketones (excluding diaryl/α,β-unsaturated/α-hetero) is 1. The highest BCUT2D eigenvalue weighted by Gasteiger charge is 2.10. The van der Waals surface area contributed by atoms with Crippen molar-refractivity contribution in [2.75, 3.05) is 0 Å². The second kappa shape index (κ2) is 7.85. The van der Waals surface area contributed by atoms with Gasteiger partial charge in [0.2, 0.25) is 0 Å². The summed E-state index contributed by atoms with van der Waals surface area (Å²) in [6, 6.07) is 5.98. The van der Waals surface area contributed by atoms with Crippen LogP contribution in [0.5, 0.6) is 0 Å². The Labute approximate surface area is 118 Å². The van der Waals surface area contributed by atoms with Crippen LogP contribution in [0.15, 0.2) is 18.2 Å². The first-order valence-corrected chi connectivity index (χ1v) is 7.53. The maximum Gasteiger partial charge on any atom is 0.163 e. The molecule has 0 atom stereocenters. The Balaban J connectivity index is 2.44. The number of benzene rings is 1. The lowest BCUT2D eigenvalue weighted by Crippen LogP contribution is -2.02. The Morgan fingerprint density at radius 2 is 1.88 bits per heavy atom. The summed E-state index contributed by atoms with van der Waals surface area (Å²) in [6.45, 7) is 4.26. The van der Waals surface area contributed by atoms with Crippen LogP contribution in [0.4, 0.5) is 0 Å². The van der Waals surface area contributed by atoms with Gasteiger partial charge >= 0.3 is 0 Å². The number of halogens is 1. The van der Waals surface area contributed by atoms with Crippen LogP contribution < -0.4 is 0 Å². The van der Waals surface area contributed by atoms with E-state index < -0.39 is 0 Å². The number of hydrogen-bond donors (Lipinski definition) is 0. The molecular formula is C15H21IO. The largest absolute Gasteiger partial charge is 0.294 e. The summed E-state index contributed by atoms with van der Waals surface area (Å²) in [5.74, 6) is 0.301. The second-order valence-electron chi connectivity index (χ2n) is 4.52. The standard InChI is InChI=1S/C15H21IO/c1-3-4-5-6-7-11-14(17)13-10-8-9-12(2)15(13)16/h8-10H,3-7,11H2,1-2H3. The lowest BCUT2D eigenvalue weighted by atomic mass is 10.0. The Kier molecular flexibility index (Phi) is 6.78. The van der Waals surface area contributed by atoms with Gasteiger partial charge in [-0.3, -0.25) is 4.79 Å². The number of carbonyl (C=O) groups excluding carboxylic acids is 1. The predicted molar refractivity (Wildman–Crippen MR) is 81.6 cm³/mol. The zero-order chi connectivity index (χ0) is 12.7. The second-order valence-corrected chi connectivity index (χ2v) is 5.60. The zero-order valence-corrected chi connectivity index (χ0v) is 12.9. The van der Waals surface area contributed by atoms with Crippen molar-refractivity contribution < 1.29 is 4.79 Å². The van der Waals surface area contributed by atoms with E-state index in [0.717, 1.165) is 15.6 Å². The summed E-state index contributed by atoms with van der Waals surface area (Å²) in [4.78, 5) is 12.0. The third-order valence-electron chi connectivity index (χ3n) is 3.00. The molecule has 1 aromatic rings. The molecule has 94 valence electrons. The van der Waals surface area contributed by atoms with E-state index in [1.807, 2.05) is 12.1 Å². The fraction of sp³-hybridized carbons (Fsp3) is 0.533. The molecule has 0 bridgehead atoms. The van der Waals surface area contributed by atoms with Gasteiger partial charge in [-0.2, -0.15) is 0 Å². The van der Waals surface area contributed by atoms with Gasteiger partial charge < -0.3 is 0 Å². The van der Waals surface area contributed by atoms with Gasteiger partial charge in [0, 0.05) is 15.6 Å². The molecule has 2 heteroatoms. The summed E-state index contributed by atoms with van der Waals surface area (Å²) in [6.07, 6.45) is 6.71. The molecule has 0 spiro atoms. The van der Waals surface area contributed by atoms with Gasteiger partial charge in [0.25, 0.3) is 0 Å². The first kappa shape index (κ1) is 14.7. The minimum atomic E-state index is 0.301. The highest BCUT2D eigenvalue weighted by atomic mass is 127. The van der Waals surface area contributed by atoms with Crippen LogP contribution in [-0.4, -0.2) is 5.78 Å². The summed E-state index contributed by atoms with van der Waals surface area (Å²) in [5, 5.41) is 0. The van der Waals surface area contributed by atoms with E-state index >= 15 is 0 Å². The van der Waals surface area contributed by atoms with Crippen LogP contribution in [0, 0.1) is 10.5 Å². The maximum atomic E-state index is 12.0. The molecule has 17 heavy (non-hydrogen) atoms. The molecule has 1 aromatic carbocycles. The fourth-order valence-electron chi connectivity index (χ4n) is 1.89. The zero-order valence-electron chi connectivity index (χ0n) is 10.8. The van der Waals surface area contributed by atoms with E-state index in [0.29, 0.717) is 12.2 Å². The predicted octanol–water partition coefficient (Wildman–Crippen LogP) is 5.14. The van der Waals surface area contributed by atoms with Crippen molar-refractivity contribution in [3.8, 4) is 0 Å². The smallest absolute Gasteiger partial charge is 0.163 e. The molecule has 0 amide bonds.